The van der Waals surface area contributed by atoms with Crippen LogP contribution in [0.3, 0.4) is 0 Å². The summed E-state index contributed by atoms with van der Waals surface area (Å²) in [6, 6.07) is 8.48. The largest absolute Gasteiger partial charge is 0.478 e. The molecule has 0 amide bonds. The quantitative estimate of drug-likeness (QED) is 0.619. The summed E-state index contributed by atoms with van der Waals surface area (Å²) in [5, 5.41) is 9.61. The average molecular weight is 453 g/mol. The van der Waals surface area contributed by atoms with Crippen molar-refractivity contribution in [3.8, 4) is 0 Å². The molecule has 0 aliphatic carbocycles. The molecule has 0 bridgehead atoms. The van der Waals surface area contributed by atoms with Crippen molar-refractivity contribution in [2.24, 2.45) is 0 Å². The van der Waals surface area contributed by atoms with Crippen LogP contribution in [-0.4, -0.2) is 46.3 Å². The normalized spacial score (nSPS) is 16.8. The molecule has 0 unspecified atom stereocenters. The Balaban J connectivity index is 1.81. The molecule has 8 heteroatoms. The van der Waals surface area contributed by atoms with Crippen molar-refractivity contribution in [2.45, 2.75) is 45.3 Å². The fourth-order valence-corrected chi connectivity index (χ4v) is 4.37. The number of nitrogens with zero attached hydrogens (tertiary/aromatic N) is 2. The standard InChI is InChI=1S/C22H26Cl2N2O4/c1-2-30-14-17-4-3-10-25(17)13-20-18(23)12-19(24)21(27)26(20)11-9-15-5-7-16(8-6-15)22(28)29/h5-8,12,17H,2-4,9-11,13-14H2,1H3,(H,28,29)/t17-/m1/s1. The first-order chi connectivity index (χ1) is 14.4. The first-order valence-electron chi connectivity index (χ1n) is 10.1. The maximum Gasteiger partial charge on any atom is 0.335 e. The van der Waals surface area contributed by atoms with E-state index in [0.29, 0.717) is 43.8 Å². The van der Waals surface area contributed by atoms with Gasteiger partial charge in [-0.15, -0.1) is 0 Å². The van der Waals surface area contributed by atoms with E-state index in [4.69, 9.17) is 33.0 Å². The molecule has 162 valence electrons. The Labute approximate surface area is 186 Å². The maximum absolute atomic E-state index is 12.8. The number of hydrogen-bond donors (Lipinski definition) is 1. The Morgan fingerprint density at radius 2 is 1.97 bits per heavy atom. The van der Waals surface area contributed by atoms with Crippen molar-refractivity contribution in [1.29, 1.82) is 0 Å². The number of halogens is 2. The van der Waals surface area contributed by atoms with Gasteiger partial charge >= 0.3 is 5.97 Å². The van der Waals surface area contributed by atoms with Crippen LogP contribution >= 0.6 is 23.2 Å². The number of aryl methyl sites for hydroxylation is 1. The highest BCUT2D eigenvalue weighted by Gasteiger charge is 2.26. The van der Waals surface area contributed by atoms with Gasteiger partial charge in [0.2, 0.25) is 0 Å². The molecule has 1 aromatic carbocycles. The van der Waals surface area contributed by atoms with E-state index in [0.717, 1.165) is 30.6 Å². The highest BCUT2D eigenvalue weighted by atomic mass is 35.5. The van der Waals surface area contributed by atoms with Crippen molar-refractivity contribution in [3.63, 3.8) is 0 Å². The van der Waals surface area contributed by atoms with Crippen LogP contribution in [0.15, 0.2) is 35.1 Å². The van der Waals surface area contributed by atoms with Gasteiger partial charge < -0.3 is 14.4 Å². The topological polar surface area (TPSA) is 71.8 Å². The van der Waals surface area contributed by atoms with E-state index in [1.54, 1.807) is 28.8 Å². The molecule has 3 rings (SSSR count). The predicted molar refractivity (Wildman–Crippen MR) is 118 cm³/mol. The number of pyridine rings is 1. The molecule has 1 aliphatic heterocycles. The number of ether oxygens (including phenoxy) is 1. The minimum absolute atomic E-state index is 0.0947. The van der Waals surface area contributed by atoms with E-state index in [2.05, 4.69) is 4.90 Å². The zero-order valence-electron chi connectivity index (χ0n) is 16.9. The van der Waals surface area contributed by atoms with E-state index < -0.39 is 5.97 Å². The number of aromatic nitrogens is 1. The second kappa shape index (κ2) is 10.4. The van der Waals surface area contributed by atoms with E-state index in [9.17, 15) is 9.59 Å². The van der Waals surface area contributed by atoms with Crippen molar-refractivity contribution < 1.29 is 14.6 Å². The smallest absolute Gasteiger partial charge is 0.335 e. The van der Waals surface area contributed by atoms with Gasteiger partial charge in [-0.2, -0.15) is 0 Å². The lowest BCUT2D eigenvalue weighted by Crippen LogP contribution is -2.36. The average Bonchev–Trinajstić information content (AvgIpc) is 3.17. The van der Waals surface area contributed by atoms with Crippen LogP contribution < -0.4 is 5.56 Å². The van der Waals surface area contributed by atoms with E-state index >= 15 is 0 Å². The van der Waals surface area contributed by atoms with E-state index in [1.165, 1.54) is 6.07 Å². The zero-order valence-corrected chi connectivity index (χ0v) is 18.5. The number of hydrogen-bond acceptors (Lipinski definition) is 4. The Morgan fingerprint density at radius 1 is 1.23 bits per heavy atom. The van der Waals surface area contributed by atoms with E-state index in [1.807, 2.05) is 6.92 Å². The molecule has 1 aromatic heterocycles. The minimum Gasteiger partial charge on any atom is -0.478 e. The lowest BCUT2D eigenvalue weighted by molar-refractivity contribution is 0.0697. The van der Waals surface area contributed by atoms with Gasteiger partial charge in [-0.3, -0.25) is 9.69 Å². The van der Waals surface area contributed by atoms with Gasteiger partial charge in [0.1, 0.15) is 5.02 Å². The first-order valence-corrected chi connectivity index (χ1v) is 10.9. The SMILES string of the molecule is CCOC[C@H]1CCCN1Cc1c(Cl)cc(Cl)c(=O)n1CCc1ccc(C(=O)O)cc1. The summed E-state index contributed by atoms with van der Waals surface area (Å²) in [5.41, 5.74) is 1.65. The molecule has 0 saturated carbocycles. The van der Waals surface area contributed by atoms with Gasteiger partial charge in [0.25, 0.3) is 5.56 Å². The molecular formula is C22H26Cl2N2O4. The van der Waals surface area contributed by atoms with Crippen LogP contribution in [0.4, 0.5) is 0 Å². The Kier molecular flexibility index (Phi) is 7.94. The van der Waals surface area contributed by atoms with Crippen LogP contribution in [0.1, 0.15) is 41.4 Å². The molecular weight excluding hydrogens is 427 g/mol. The molecule has 2 aromatic rings. The van der Waals surface area contributed by atoms with Gasteiger partial charge in [-0.25, -0.2) is 4.79 Å². The number of carboxylic acid groups (broad SMARTS) is 1. The third-order valence-corrected chi connectivity index (χ3v) is 6.09. The van der Waals surface area contributed by atoms with Crippen molar-refractivity contribution in [3.05, 3.63) is 67.6 Å². The number of carboxylic acids is 1. The lowest BCUT2D eigenvalue weighted by atomic mass is 10.1. The first kappa shape index (κ1) is 22.8. The maximum atomic E-state index is 12.8. The lowest BCUT2D eigenvalue weighted by Gasteiger charge is -2.26. The second-order valence-electron chi connectivity index (χ2n) is 7.42. The monoisotopic (exact) mass is 452 g/mol. The molecule has 6 nitrogen and oxygen atoms in total. The summed E-state index contributed by atoms with van der Waals surface area (Å²) in [6.45, 7) is 5.22. The van der Waals surface area contributed by atoms with Crippen molar-refractivity contribution in [2.75, 3.05) is 19.8 Å². The fourth-order valence-electron chi connectivity index (χ4n) is 3.83. The summed E-state index contributed by atoms with van der Waals surface area (Å²) in [6.07, 6.45) is 2.71. The second-order valence-corrected chi connectivity index (χ2v) is 8.24. The van der Waals surface area contributed by atoms with Gasteiger partial charge in [0, 0.05) is 25.7 Å². The Bertz CT molecular complexity index is 943. The molecule has 2 heterocycles. The molecule has 0 spiro atoms. The van der Waals surface area contributed by atoms with Crippen LogP contribution in [0.25, 0.3) is 0 Å². The van der Waals surface area contributed by atoms with Crippen molar-refractivity contribution >= 4 is 29.2 Å². The van der Waals surface area contributed by atoms with Crippen LogP contribution in [0.5, 0.6) is 0 Å². The summed E-state index contributed by atoms with van der Waals surface area (Å²) in [5.74, 6) is -0.964. The molecule has 1 saturated heterocycles. The number of carbonyl (C=O) groups is 1. The minimum atomic E-state index is -0.964. The molecule has 1 atom stereocenters. The fraction of sp³-hybridized carbons (Fsp3) is 0.455. The van der Waals surface area contributed by atoms with Gasteiger partial charge in [-0.1, -0.05) is 35.3 Å². The highest BCUT2D eigenvalue weighted by Crippen LogP contribution is 2.25. The molecule has 1 fully saturated rings. The third-order valence-electron chi connectivity index (χ3n) is 5.50. The summed E-state index contributed by atoms with van der Waals surface area (Å²) < 4.78 is 7.26. The Morgan fingerprint density at radius 3 is 2.63 bits per heavy atom. The van der Waals surface area contributed by atoms with Gasteiger partial charge in [-0.05, 0) is 56.5 Å². The molecule has 30 heavy (non-hydrogen) atoms. The summed E-state index contributed by atoms with van der Waals surface area (Å²) in [7, 11) is 0. The number of aromatic carboxylic acids is 1. The molecule has 1 aliphatic rings. The highest BCUT2D eigenvalue weighted by molar-refractivity contribution is 6.34. The summed E-state index contributed by atoms with van der Waals surface area (Å²) >= 11 is 12.6. The van der Waals surface area contributed by atoms with E-state index in [-0.39, 0.29) is 16.1 Å². The third kappa shape index (κ3) is 5.43. The zero-order chi connectivity index (χ0) is 21.7. The van der Waals surface area contributed by atoms with Gasteiger partial charge in [0.15, 0.2) is 0 Å². The number of likely N-dealkylation sites (tertiary alicyclic amines) is 1. The predicted octanol–water partition coefficient (Wildman–Crippen LogP) is 4.10. The summed E-state index contributed by atoms with van der Waals surface area (Å²) in [4.78, 5) is 26.1. The Hall–Kier alpha value is -1.86. The van der Waals surface area contributed by atoms with Crippen LogP contribution in [0.2, 0.25) is 10.0 Å². The van der Waals surface area contributed by atoms with Crippen LogP contribution in [-0.2, 0) is 24.2 Å². The van der Waals surface area contributed by atoms with Crippen LogP contribution in [0, 0.1) is 0 Å². The van der Waals surface area contributed by atoms with Gasteiger partial charge in [0.05, 0.1) is 22.9 Å². The number of rotatable bonds is 9. The number of benzene rings is 1. The molecule has 0 radical (unpaired) electrons. The molecule has 1 N–H and O–H groups in total. The van der Waals surface area contributed by atoms with Crippen molar-refractivity contribution in [1.82, 2.24) is 9.47 Å².